The van der Waals surface area contributed by atoms with Crippen LogP contribution in [0.1, 0.15) is 24.0 Å². The molecule has 2 aliphatic rings. The van der Waals surface area contributed by atoms with Crippen molar-refractivity contribution >= 4 is 22.0 Å². The maximum atomic E-state index is 10.6. The van der Waals surface area contributed by atoms with Gasteiger partial charge in [0.15, 0.2) is 11.5 Å². The molecule has 1 aliphatic heterocycles. The Labute approximate surface area is 107 Å². The van der Waals surface area contributed by atoms with Gasteiger partial charge >= 0.3 is 0 Å². The summed E-state index contributed by atoms with van der Waals surface area (Å²) >= 11 is 3.50. The molecule has 0 saturated heterocycles. The van der Waals surface area contributed by atoms with Gasteiger partial charge in [0, 0.05) is 10.0 Å². The highest BCUT2D eigenvalue weighted by molar-refractivity contribution is 9.10. The minimum absolute atomic E-state index is 0.221. The summed E-state index contributed by atoms with van der Waals surface area (Å²) in [5, 5.41) is 0. The van der Waals surface area contributed by atoms with Crippen LogP contribution in [0.25, 0.3) is 0 Å². The van der Waals surface area contributed by atoms with E-state index in [2.05, 4.69) is 20.9 Å². The molecule has 88 valence electrons. The summed E-state index contributed by atoms with van der Waals surface area (Å²) in [6.07, 6.45) is 3.38. The molecule has 3 rings (SSSR count). The van der Waals surface area contributed by atoms with Crippen LogP contribution in [-0.2, 0) is 10.3 Å². The molecular weight excluding hydrogens is 286 g/mol. The Balaban J connectivity index is 2.25. The summed E-state index contributed by atoms with van der Waals surface area (Å²) < 4.78 is 11.8. The normalized spacial score (nSPS) is 18.7. The minimum Gasteiger partial charge on any atom is -0.454 e. The van der Waals surface area contributed by atoms with E-state index in [0.717, 1.165) is 34.2 Å². The van der Waals surface area contributed by atoms with E-state index in [1.54, 1.807) is 6.08 Å². The second kappa shape index (κ2) is 3.59. The van der Waals surface area contributed by atoms with Crippen molar-refractivity contribution in [2.45, 2.75) is 25.3 Å². The van der Waals surface area contributed by atoms with Gasteiger partial charge in [0.1, 0.15) is 5.54 Å². The van der Waals surface area contributed by atoms with Crippen LogP contribution >= 0.6 is 15.9 Å². The van der Waals surface area contributed by atoms with Crippen molar-refractivity contribution < 1.29 is 14.3 Å². The van der Waals surface area contributed by atoms with Gasteiger partial charge in [-0.05, 0) is 31.4 Å². The largest absolute Gasteiger partial charge is 0.454 e. The van der Waals surface area contributed by atoms with E-state index >= 15 is 0 Å². The number of aliphatic imine (C=N–C) groups is 1. The van der Waals surface area contributed by atoms with Crippen molar-refractivity contribution in [3.63, 3.8) is 0 Å². The molecule has 1 fully saturated rings. The number of rotatable bonds is 2. The quantitative estimate of drug-likeness (QED) is 0.623. The molecule has 0 atom stereocenters. The highest BCUT2D eigenvalue weighted by atomic mass is 79.9. The van der Waals surface area contributed by atoms with Crippen LogP contribution in [0.15, 0.2) is 15.5 Å². The highest BCUT2D eigenvalue weighted by Gasteiger charge is 2.49. The fourth-order valence-corrected chi connectivity index (χ4v) is 2.69. The molecule has 4 nitrogen and oxygen atoms in total. The Morgan fingerprint density at radius 2 is 2.24 bits per heavy atom. The van der Waals surface area contributed by atoms with Gasteiger partial charge in [0.25, 0.3) is 0 Å². The molecule has 17 heavy (non-hydrogen) atoms. The van der Waals surface area contributed by atoms with Crippen LogP contribution in [0.5, 0.6) is 11.5 Å². The smallest absolute Gasteiger partial charge is 0.235 e. The summed E-state index contributed by atoms with van der Waals surface area (Å²) in [4.78, 5) is 14.5. The Hall–Kier alpha value is -1.32. The standard InChI is InChI=1S/C12H10BrNO3/c1-7-8(13)4-9-11(17-6-16-9)10(7)12(2-3-12)14-5-15/h4H,2-3,6H2,1H3. The number of ether oxygens (including phenoxy) is 2. The number of nitrogens with zero attached hydrogens (tertiary/aromatic N) is 1. The predicted molar refractivity (Wildman–Crippen MR) is 64.0 cm³/mol. The zero-order valence-electron chi connectivity index (χ0n) is 9.25. The molecule has 0 bridgehead atoms. The number of fused-ring (bicyclic) bond motifs is 1. The summed E-state index contributed by atoms with van der Waals surface area (Å²) in [5.41, 5.74) is 1.57. The zero-order chi connectivity index (χ0) is 12.0. The number of benzene rings is 1. The average Bonchev–Trinajstić information content (AvgIpc) is 2.91. The molecule has 1 aliphatic carbocycles. The van der Waals surface area contributed by atoms with E-state index in [9.17, 15) is 4.79 Å². The van der Waals surface area contributed by atoms with Gasteiger partial charge in [-0.15, -0.1) is 0 Å². The lowest BCUT2D eigenvalue weighted by Gasteiger charge is -2.16. The third-order valence-corrected chi connectivity index (χ3v) is 4.13. The summed E-state index contributed by atoms with van der Waals surface area (Å²) in [5.74, 6) is 1.44. The highest BCUT2D eigenvalue weighted by Crippen LogP contribution is 2.57. The Morgan fingerprint density at radius 3 is 2.88 bits per heavy atom. The SMILES string of the molecule is Cc1c(Br)cc2c(c1C1(N=C=O)CC1)OCO2. The number of carbonyl (C=O) groups excluding carboxylic acids is 1. The van der Waals surface area contributed by atoms with Crippen LogP contribution in [0.4, 0.5) is 0 Å². The molecule has 1 aromatic carbocycles. The van der Waals surface area contributed by atoms with E-state index < -0.39 is 5.54 Å². The molecule has 0 unspecified atom stereocenters. The van der Waals surface area contributed by atoms with Crippen LogP contribution in [0.2, 0.25) is 0 Å². The molecule has 0 spiro atoms. The van der Waals surface area contributed by atoms with Gasteiger partial charge in [-0.1, -0.05) is 15.9 Å². The molecule has 0 radical (unpaired) electrons. The lowest BCUT2D eigenvalue weighted by Crippen LogP contribution is -2.07. The first-order chi connectivity index (χ1) is 8.18. The third-order valence-electron chi connectivity index (χ3n) is 3.31. The van der Waals surface area contributed by atoms with E-state index in [4.69, 9.17) is 9.47 Å². The first-order valence-electron chi connectivity index (χ1n) is 5.36. The number of hydrogen-bond donors (Lipinski definition) is 0. The van der Waals surface area contributed by atoms with Crippen LogP contribution in [0.3, 0.4) is 0 Å². The molecule has 1 saturated carbocycles. The van der Waals surface area contributed by atoms with Gasteiger partial charge in [0.2, 0.25) is 12.9 Å². The predicted octanol–water partition coefficient (Wildman–Crippen LogP) is 2.81. The number of hydrogen-bond acceptors (Lipinski definition) is 4. The molecule has 5 heteroatoms. The average molecular weight is 296 g/mol. The van der Waals surface area contributed by atoms with Gasteiger partial charge in [-0.25, -0.2) is 4.79 Å². The van der Waals surface area contributed by atoms with E-state index in [0.29, 0.717) is 5.75 Å². The van der Waals surface area contributed by atoms with Gasteiger partial charge < -0.3 is 9.47 Å². The number of halogens is 1. The Kier molecular flexibility index (Phi) is 2.28. The van der Waals surface area contributed by atoms with E-state index in [-0.39, 0.29) is 6.79 Å². The fraction of sp³-hybridized carbons (Fsp3) is 0.417. The molecular formula is C12H10BrNO3. The zero-order valence-corrected chi connectivity index (χ0v) is 10.8. The van der Waals surface area contributed by atoms with Gasteiger partial charge in [-0.2, -0.15) is 4.99 Å². The molecule has 1 aromatic rings. The van der Waals surface area contributed by atoms with Crippen LogP contribution in [-0.4, -0.2) is 12.9 Å². The molecule has 0 N–H and O–H groups in total. The summed E-state index contributed by atoms with van der Waals surface area (Å²) in [6.45, 7) is 2.21. The lowest BCUT2D eigenvalue weighted by atomic mass is 9.98. The molecule has 0 aromatic heterocycles. The third kappa shape index (κ3) is 1.50. The maximum Gasteiger partial charge on any atom is 0.235 e. The minimum atomic E-state index is -0.437. The van der Waals surface area contributed by atoms with Crippen LogP contribution in [0, 0.1) is 6.92 Å². The topological polar surface area (TPSA) is 47.9 Å². The van der Waals surface area contributed by atoms with Crippen molar-refractivity contribution in [1.29, 1.82) is 0 Å². The second-order valence-corrected chi connectivity index (χ2v) is 5.18. The monoisotopic (exact) mass is 295 g/mol. The van der Waals surface area contributed by atoms with Crippen molar-refractivity contribution in [2.75, 3.05) is 6.79 Å². The van der Waals surface area contributed by atoms with Crippen molar-refractivity contribution in [3.05, 3.63) is 21.7 Å². The fourth-order valence-electron chi connectivity index (χ4n) is 2.29. The number of isocyanates is 1. The summed E-state index contributed by atoms with van der Waals surface area (Å²) in [6, 6.07) is 1.89. The molecule has 1 heterocycles. The lowest BCUT2D eigenvalue weighted by molar-refractivity contribution is 0.173. The van der Waals surface area contributed by atoms with Crippen molar-refractivity contribution in [2.24, 2.45) is 4.99 Å². The van der Waals surface area contributed by atoms with E-state index in [1.165, 1.54) is 0 Å². The summed E-state index contributed by atoms with van der Waals surface area (Å²) in [7, 11) is 0. The first-order valence-corrected chi connectivity index (χ1v) is 6.15. The Morgan fingerprint density at radius 1 is 1.47 bits per heavy atom. The van der Waals surface area contributed by atoms with Crippen LogP contribution < -0.4 is 9.47 Å². The van der Waals surface area contributed by atoms with E-state index in [1.807, 2.05) is 13.0 Å². The Bertz CT molecular complexity index is 545. The molecule has 0 amide bonds. The van der Waals surface area contributed by atoms with Gasteiger partial charge in [-0.3, -0.25) is 0 Å². The second-order valence-electron chi connectivity index (χ2n) is 4.33. The van der Waals surface area contributed by atoms with Crippen molar-refractivity contribution in [1.82, 2.24) is 0 Å². The maximum absolute atomic E-state index is 10.6. The van der Waals surface area contributed by atoms with Gasteiger partial charge in [0.05, 0.1) is 0 Å². The first kappa shape index (κ1) is 10.8. The van der Waals surface area contributed by atoms with Crippen molar-refractivity contribution in [3.8, 4) is 11.5 Å².